The molecule has 0 fully saturated rings. The molecule has 0 aliphatic heterocycles. The van der Waals surface area contributed by atoms with Gasteiger partial charge in [0.2, 0.25) is 0 Å². The van der Waals surface area contributed by atoms with Gasteiger partial charge in [0.1, 0.15) is 5.82 Å². The highest BCUT2D eigenvalue weighted by Crippen LogP contribution is 2.38. The van der Waals surface area contributed by atoms with Gasteiger partial charge in [-0.15, -0.1) is 0 Å². The molecule has 0 saturated carbocycles. The first kappa shape index (κ1) is 16.4. The number of halogens is 2. The van der Waals surface area contributed by atoms with Crippen molar-refractivity contribution in [2.75, 3.05) is 0 Å². The van der Waals surface area contributed by atoms with Crippen LogP contribution in [-0.4, -0.2) is 17.0 Å². The molecule has 3 aromatic rings. The molecule has 0 unspecified atom stereocenters. The molecule has 0 atom stereocenters. The molecule has 0 heterocycles. The number of hydrogen-bond acceptors (Lipinski definition) is 2. The largest absolute Gasteiger partial charge is 0.504 e. The van der Waals surface area contributed by atoms with E-state index < -0.39 is 23.3 Å². The van der Waals surface area contributed by atoms with Gasteiger partial charge in [0, 0.05) is 5.56 Å². The highest BCUT2D eigenvalue weighted by Gasteiger charge is 2.18. The Labute approximate surface area is 141 Å². The molecular formula is C18H13F2N3O2. The highest BCUT2D eigenvalue weighted by molar-refractivity contribution is 6.06. The molecule has 3 aromatic carbocycles. The summed E-state index contributed by atoms with van der Waals surface area (Å²) in [5.41, 5.74) is 10.5. The van der Waals surface area contributed by atoms with Crippen molar-refractivity contribution >= 4 is 22.6 Å². The monoisotopic (exact) mass is 341 g/mol. The number of nitrogens with zero attached hydrogens (tertiary/aromatic N) is 1. The van der Waals surface area contributed by atoms with Gasteiger partial charge in [-0.05, 0) is 40.6 Å². The lowest BCUT2D eigenvalue weighted by Crippen LogP contribution is -2.24. The number of phenols is 1. The summed E-state index contributed by atoms with van der Waals surface area (Å²) >= 11 is 0. The zero-order valence-electron chi connectivity index (χ0n) is 12.8. The number of guanidine groups is 1. The summed E-state index contributed by atoms with van der Waals surface area (Å²) in [5, 5.41) is 11.1. The number of hydrogen-bond donors (Lipinski definition) is 3. The number of nitrogens with two attached hydrogens (primary N) is 2. The molecule has 1 amide bonds. The lowest BCUT2D eigenvalue weighted by Gasteiger charge is -2.11. The smallest absolute Gasteiger partial charge is 0.280 e. The molecule has 0 aliphatic rings. The lowest BCUT2D eigenvalue weighted by atomic mass is 9.95. The third-order valence-corrected chi connectivity index (χ3v) is 3.71. The normalized spacial score (nSPS) is 10.6. The number of benzene rings is 3. The Kier molecular flexibility index (Phi) is 4.06. The van der Waals surface area contributed by atoms with Crippen LogP contribution in [0.4, 0.5) is 8.78 Å². The summed E-state index contributed by atoms with van der Waals surface area (Å²) in [4.78, 5) is 15.5. The molecule has 3 rings (SSSR count). The fourth-order valence-corrected chi connectivity index (χ4v) is 2.60. The van der Waals surface area contributed by atoms with E-state index in [1.807, 2.05) is 0 Å². The van der Waals surface area contributed by atoms with Crippen molar-refractivity contribution < 1.29 is 18.7 Å². The maximum Gasteiger partial charge on any atom is 0.280 e. The second-order valence-corrected chi connectivity index (χ2v) is 5.34. The van der Waals surface area contributed by atoms with Crippen LogP contribution in [0.15, 0.2) is 53.5 Å². The summed E-state index contributed by atoms with van der Waals surface area (Å²) < 4.78 is 27.9. The van der Waals surface area contributed by atoms with E-state index in [2.05, 4.69) is 4.99 Å². The molecule has 5 N–H and O–H groups in total. The number of aliphatic imine (C=N–C) groups is 1. The van der Waals surface area contributed by atoms with Gasteiger partial charge in [0.05, 0.1) is 5.56 Å². The zero-order chi connectivity index (χ0) is 18.1. The molecule has 7 heteroatoms. The Bertz CT molecular complexity index is 1030. The van der Waals surface area contributed by atoms with Gasteiger partial charge in [-0.2, -0.15) is 4.99 Å². The van der Waals surface area contributed by atoms with E-state index in [1.165, 1.54) is 18.2 Å². The van der Waals surface area contributed by atoms with Crippen LogP contribution in [0.2, 0.25) is 0 Å². The quantitative estimate of drug-likeness (QED) is 0.493. The van der Waals surface area contributed by atoms with E-state index in [-0.39, 0.29) is 22.6 Å². The predicted octanol–water partition coefficient (Wildman–Crippen LogP) is 2.90. The average molecular weight is 341 g/mol. The topological polar surface area (TPSA) is 102 Å². The minimum atomic E-state index is -0.943. The van der Waals surface area contributed by atoms with E-state index in [4.69, 9.17) is 11.5 Å². The van der Waals surface area contributed by atoms with Crippen molar-refractivity contribution in [3.63, 3.8) is 0 Å². The molecule has 0 bridgehead atoms. The van der Waals surface area contributed by atoms with Gasteiger partial charge in [-0.1, -0.05) is 24.3 Å². The Morgan fingerprint density at radius 1 is 1.00 bits per heavy atom. The Balaban J connectivity index is 2.29. The number of phenolic OH excluding ortho intramolecular Hbond substituents is 1. The Morgan fingerprint density at radius 3 is 2.44 bits per heavy atom. The second kappa shape index (κ2) is 6.20. The molecule has 0 aromatic heterocycles. The number of carbonyl (C=O) groups is 1. The number of aromatic hydroxyl groups is 1. The van der Waals surface area contributed by atoms with E-state index >= 15 is 0 Å². The van der Waals surface area contributed by atoms with Crippen molar-refractivity contribution in [2.24, 2.45) is 16.5 Å². The van der Waals surface area contributed by atoms with Crippen LogP contribution >= 0.6 is 0 Å². The molecule has 0 aliphatic carbocycles. The van der Waals surface area contributed by atoms with Gasteiger partial charge >= 0.3 is 0 Å². The zero-order valence-corrected chi connectivity index (χ0v) is 12.8. The molecule has 25 heavy (non-hydrogen) atoms. The van der Waals surface area contributed by atoms with Crippen molar-refractivity contribution in [1.29, 1.82) is 0 Å². The minimum Gasteiger partial charge on any atom is -0.504 e. The average Bonchev–Trinajstić information content (AvgIpc) is 2.57. The Morgan fingerprint density at radius 2 is 1.72 bits per heavy atom. The van der Waals surface area contributed by atoms with Gasteiger partial charge in [-0.25, -0.2) is 8.78 Å². The molecule has 126 valence electrons. The number of rotatable bonds is 2. The van der Waals surface area contributed by atoms with Crippen molar-refractivity contribution in [3.8, 4) is 16.9 Å². The first-order valence-corrected chi connectivity index (χ1v) is 7.22. The summed E-state index contributed by atoms with van der Waals surface area (Å²) in [7, 11) is 0. The van der Waals surface area contributed by atoms with Crippen LogP contribution in [-0.2, 0) is 0 Å². The van der Waals surface area contributed by atoms with Crippen molar-refractivity contribution in [1.82, 2.24) is 0 Å². The first-order chi connectivity index (χ1) is 11.9. The fraction of sp³-hybridized carbons (Fsp3) is 0. The molecule has 0 saturated heterocycles. The maximum atomic E-state index is 14.2. The van der Waals surface area contributed by atoms with Gasteiger partial charge < -0.3 is 16.6 Å². The summed E-state index contributed by atoms with van der Waals surface area (Å²) in [6, 6.07) is 11.3. The molecule has 5 nitrogen and oxygen atoms in total. The van der Waals surface area contributed by atoms with Crippen molar-refractivity contribution in [2.45, 2.75) is 0 Å². The van der Waals surface area contributed by atoms with E-state index in [1.54, 1.807) is 18.2 Å². The number of amides is 1. The van der Waals surface area contributed by atoms with Crippen LogP contribution in [0.5, 0.6) is 5.75 Å². The van der Waals surface area contributed by atoms with Crippen LogP contribution in [0.3, 0.4) is 0 Å². The maximum absolute atomic E-state index is 14.2. The van der Waals surface area contributed by atoms with Crippen molar-refractivity contribution in [3.05, 3.63) is 65.7 Å². The Hall–Kier alpha value is -3.48. The highest BCUT2D eigenvalue weighted by atomic mass is 19.1. The van der Waals surface area contributed by atoms with Gasteiger partial charge in [0.15, 0.2) is 17.5 Å². The minimum absolute atomic E-state index is 0.171. The third-order valence-electron chi connectivity index (χ3n) is 3.71. The molecule has 0 spiro atoms. The fourth-order valence-electron chi connectivity index (χ4n) is 2.60. The predicted molar refractivity (Wildman–Crippen MR) is 91.1 cm³/mol. The SMILES string of the molecule is NC(N)=NC(=O)c1ccc2cccc(-c3c(F)ccc(F)c3O)c2c1. The standard InChI is InChI=1S/C18H13F2N3O2/c19-13-6-7-14(20)16(24)15(13)11-3-1-2-9-4-5-10(8-12(9)11)17(25)23-18(21)22/h1-8,24H,(H4,21,22,23,25). The van der Waals surface area contributed by atoms with E-state index in [0.717, 1.165) is 12.1 Å². The third kappa shape index (κ3) is 2.99. The van der Waals surface area contributed by atoms with Gasteiger partial charge in [0.25, 0.3) is 5.91 Å². The summed E-state index contributed by atoms with van der Waals surface area (Å²) in [6.45, 7) is 0. The van der Waals surface area contributed by atoms with Crippen LogP contribution in [0.25, 0.3) is 21.9 Å². The van der Waals surface area contributed by atoms with E-state index in [9.17, 15) is 18.7 Å². The number of carbonyl (C=O) groups excluding carboxylic acids is 1. The second-order valence-electron chi connectivity index (χ2n) is 5.34. The lowest BCUT2D eigenvalue weighted by molar-refractivity contribution is 0.100. The summed E-state index contributed by atoms with van der Waals surface area (Å²) in [5.74, 6) is -3.57. The van der Waals surface area contributed by atoms with Gasteiger partial charge in [-0.3, -0.25) is 4.79 Å². The van der Waals surface area contributed by atoms with Crippen LogP contribution < -0.4 is 11.5 Å². The molecule has 0 radical (unpaired) electrons. The molecular weight excluding hydrogens is 328 g/mol. The summed E-state index contributed by atoms with van der Waals surface area (Å²) in [6.07, 6.45) is 0. The van der Waals surface area contributed by atoms with Crippen LogP contribution in [0.1, 0.15) is 10.4 Å². The van der Waals surface area contributed by atoms with Crippen LogP contribution in [0, 0.1) is 11.6 Å². The number of fused-ring (bicyclic) bond motifs is 1. The van der Waals surface area contributed by atoms with E-state index in [0.29, 0.717) is 10.8 Å². The first-order valence-electron chi connectivity index (χ1n) is 7.22.